The van der Waals surface area contributed by atoms with Crippen LogP contribution in [0.3, 0.4) is 0 Å². The van der Waals surface area contributed by atoms with Crippen LogP contribution >= 0.6 is 23.2 Å². The van der Waals surface area contributed by atoms with E-state index in [0.717, 1.165) is 12.1 Å². The molecule has 0 spiro atoms. The van der Waals surface area contributed by atoms with Gasteiger partial charge >= 0.3 is 5.97 Å². The van der Waals surface area contributed by atoms with Crippen molar-refractivity contribution in [2.45, 2.75) is 10.9 Å². The summed E-state index contributed by atoms with van der Waals surface area (Å²) in [5.74, 6) is -2.55. The van der Waals surface area contributed by atoms with E-state index in [1.54, 1.807) is 0 Å². The van der Waals surface area contributed by atoms with E-state index < -0.39 is 44.4 Å². The van der Waals surface area contributed by atoms with E-state index in [2.05, 4.69) is 4.74 Å². The fourth-order valence-corrected chi connectivity index (χ4v) is 3.21. The van der Waals surface area contributed by atoms with Crippen LogP contribution in [0.2, 0.25) is 10.0 Å². The van der Waals surface area contributed by atoms with Crippen LogP contribution in [0.4, 0.5) is 4.39 Å². The third-order valence-corrected chi connectivity index (χ3v) is 4.51. The maximum Gasteiger partial charge on any atom is 0.324 e. The molecule has 0 saturated carbocycles. The number of carboxylic acids is 1. The molecule has 1 atom stereocenters. The normalized spacial score (nSPS) is 13.2. The highest BCUT2D eigenvalue weighted by Gasteiger charge is 2.28. The van der Waals surface area contributed by atoms with Gasteiger partial charge < -0.3 is 9.84 Å². The van der Waals surface area contributed by atoms with Gasteiger partial charge in [0.1, 0.15) is 10.9 Å². The van der Waals surface area contributed by atoms with Crippen molar-refractivity contribution in [1.82, 2.24) is 4.72 Å². The second kappa shape index (κ2) is 6.68. The number of halogens is 3. The van der Waals surface area contributed by atoms with Crippen LogP contribution in [0, 0.1) is 5.82 Å². The van der Waals surface area contributed by atoms with Crippen molar-refractivity contribution in [2.24, 2.45) is 0 Å². The van der Waals surface area contributed by atoms with Crippen LogP contribution < -0.4 is 4.72 Å². The number of methoxy groups -OCH3 is 1. The third-order valence-electron chi connectivity index (χ3n) is 2.22. The number of nitrogens with one attached hydrogen (secondary N) is 1. The van der Waals surface area contributed by atoms with E-state index in [0.29, 0.717) is 0 Å². The van der Waals surface area contributed by atoms with E-state index in [1.165, 1.54) is 7.11 Å². The molecule has 1 aromatic carbocycles. The Bertz CT molecular complexity index is 622. The third kappa shape index (κ3) is 3.80. The van der Waals surface area contributed by atoms with Crippen LogP contribution in [-0.4, -0.2) is 39.3 Å². The van der Waals surface area contributed by atoms with E-state index in [4.69, 9.17) is 28.3 Å². The Morgan fingerprint density at radius 2 is 2.10 bits per heavy atom. The summed E-state index contributed by atoms with van der Waals surface area (Å²) in [6.45, 7) is -0.401. The van der Waals surface area contributed by atoms with Crippen molar-refractivity contribution in [3.8, 4) is 0 Å². The maximum atomic E-state index is 13.5. The Morgan fingerprint density at radius 1 is 1.50 bits per heavy atom. The molecular formula is C10H10Cl2FNO5S. The molecule has 1 unspecified atom stereocenters. The molecule has 2 N–H and O–H groups in total. The summed E-state index contributed by atoms with van der Waals surface area (Å²) in [5, 5.41) is 7.78. The number of carboxylic acid groups (broad SMARTS) is 1. The van der Waals surface area contributed by atoms with Crippen LogP contribution in [0.1, 0.15) is 0 Å². The second-order valence-electron chi connectivity index (χ2n) is 3.64. The average Bonchev–Trinajstić information content (AvgIpc) is 2.34. The summed E-state index contributed by atoms with van der Waals surface area (Å²) in [7, 11) is -3.13. The van der Waals surface area contributed by atoms with Gasteiger partial charge in [0.2, 0.25) is 10.0 Å². The largest absolute Gasteiger partial charge is 0.480 e. The average molecular weight is 346 g/mol. The summed E-state index contributed by atoms with van der Waals surface area (Å²) in [6.07, 6.45) is 0. The Morgan fingerprint density at radius 3 is 2.60 bits per heavy atom. The lowest BCUT2D eigenvalue weighted by Crippen LogP contribution is -2.43. The summed E-state index contributed by atoms with van der Waals surface area (Å²) >= 11 is 11.0. The highest BCUT2D eigenvalue weighted by atomic mass is 35.5. The maximum absolute atomic E-state index is 13.5. The standard InChI is InChI=1S/C10H10Cl2FNO5S/c1-19-4-6(10(15)16)14-20(17,18)7-3-2-5(11)9(13)8(7)12/h2-3,6,14H,4H2,1H3,(H,15,16). The first-order valence-corrected chi connectivity index (χ1v) is 7.32. The summed E-state index contributed by atoms with van der Waals surface area (Å²) in [4.78, 5) is 10.3. The predicted molar refractivity (Wildman–Crippen MR) is 70.0 cm³/mol. The van der Waals surface area contributed by atoms with Gasteiger partial charge in [0.25, 0.3) is 0 Å². The van der Waals surface area contributed by atoms with Crippen LogP contribution in [0.25, 0.3) is 0 Å². The van der Waals surface area contributed by atoms with Crippen molar-refractivity contribution < 1.29 is 27.4 Å². The van der Waals surface area contributed by atoms with Crippen LogP contribution in [0.15, 0.2) is 17.0 Å². The molecule has 0 aliphatic carbocycles. The number of hydrogen-bond donors (Lipinski definition) is 2. The lowest BCUT2D eigenvalue weighted by Gasteiger charge is -2.15. The molecule has 0 aromatic heterocycles. The molecule has 10 heteroatoms. The van der Waals surface area contributed by atoms with E-state index in [9.17, 15) is 17.6 Å². The van der Waals surface area contributed by atoms with Crippen molar-refractivity contribution in [2.75, 3.05) is 13.7 Å². The quantitative estimate of drug-likeness (QED) is 0.762. The lowest BCUT2D eigenvalue weighted by molar-refractivity contribution is -0.140. The Labute approximate surface area is 124 Å². The Kier molecular flexibility index (Phi) is 5.72. The fourth-order valence-electron chi connectivity index (χ4n) is 1.29. The molecular weight excluding hydrogens is 336 g/mol. The number of aliphatic carboxylic acids is 1. The topological polar surface area (TPSA) is 92.7 Å². The molecule has 1 rings (SSSR count). The molecule has 0 heterocycles. The van der Waals surface area contributed by atoms with Crippen molar-refractivity contribution >= 4 is 39.2 Å². The zero-order chi connectivity index (χ0) is 15.5. The molecule has 0 amide bonds. The molecule has 0 radical (unpaired) electrons. The molecule has 0 aliphatic rings. The lowest BCUT2D eigenvalue weighted by atomic mass is 10.3. The smallest absolute Gasteiger partial charge is 0.324 e. The van der Waals surface area contributed by atoms with Gasteiger partial charge in [-0.2, -0.15) is 4.72 Å². The zero-order valence-corrected chi connectivity index (χ0v) is 12.4. The van der Waals surface area contributed by atoms with E-state index >= 15 is 0 Å². The Hall–Kier alpha value is -0.930. The number of ether oxygens (including phenoxy) is 1. The molecule has 6 nitrogen and oxygen atoms in total. The van der Waals surface area contributed by atoms with E-state index in [-0.39, 0.29) is 5.02 Å². The van der Waals surface area contributed by atoms with Crippen molar-refractivity contribution in [3.05, 3.63) is 28.0 Å². The van der Waals surface area contributed by atoms with Crippen LogP contribution in [0.5, 0.6) is 0 Å². The summed E-state index contributed by atoms with van der Waals surface area (Å²) in [6, 6.07) is 0.449. The highest BCUT2D eigenvalue weighted by molar-refractivity contribution is 7.89. The van der Waals surface area contributed by atoms with Crippen molar-refractivity contribution in [3.63, 3.8) is 0 Å². The minimum atomic E-state index is -4.34. The van der Waals surface area contributed by atoms with Gasteiger partial charge in [0.05, 0.1) is 16.7 Å². The zero-order valence-electron chi connectivity index (χ0n) is 10.1. The molecule has 1 aromatic rings. The molecule has 112 valence electrons. The van der Waals surface area contributed by atoms with Gasteiger partial charge in [-0.15, -0.1) is 0 Å². The number of benzene rings is 1. The molecule has 0 bridgehead atoms. The summed E-state index contributed by atoms with van der Waals surface area (Å²) in [5.41, 5.74) is 0. The molecule has 0 aliphatic heterocycles. The minimum absolute atomic E-state index is 0.347. The monoisotopic (exact) mass is 345 g/mol. The van der Waals surface area contributed by atoms with Gasteiger partial charge in [-0.05, 0) is 12.1 Å². The number of sulfonamides is 1. The van der Waals surface area contributed by atoms with Gasteiger partial charge in [-0.3, -0.25) is 4.79 Å². The van der Waals surface area contributed by atoms with Gasteiger partial charge in [0.15, 0.2) is 5.82 Å². The molecule has 0 fully saturated rings. The Balaban J connectivity index is 3.17. The van der Waals surface area contributed by atoms with Gasteiger partial charge in [-0.1, -0.05) is 23.2 Å². The summed E-state index contributed by atoms with van der Waals surface area (Å²) < 4.78 is 43.9. The first-order valence-electron chi connectivity index (χ1n) is 5.08. The molecule has 0 saturated heterocycles. The number of rotatable bonds is 6. The first-order chi connectivity index (χ1) is 9.20. The van der Waals surface area contributed by atoms with Crippen LogP contribution in [-0.2, 0) is 19.6 Å². The SMILES string of the molecule is COCC(NS(=O)(=O)c1ccc(Cl)c(F)c1Cl)C(=O)O. The molecule has 20 heavy (non-hydrogen) atoms. The number of carbonyl (C=O) groups is 1. The fraction of sp³-hybridized carbons (Fsp3) is 0.300. The van der Waals surface area contributed by atoms with E-state index in [1.807, 2.05) is 4.72 Å². The highest BCUT2D eigenvalue weighted by Crippen LogP contribution is 2.29. The number of hydrogen-bond acceptors (Lipinski definition) is 4. The second-order valence-corrected chi connectivity index (χ2v) is 6.11. The predicted octanol–water partition coefficient (Wildman–Crippen LogP) is 1.51. The minimum Gasteiger partial charge on any atom is -0.480 e. The van der Waals surface area contributed by atoms with Gasteiger partial charge in [-0.25, -0.2) is 12.8 Å². The van der Waals surface area contributed by atoms with Crippen molar-refractivity contribution in [1.29, 1.82) is 0 Å². The van der Waals surface area contributed by atoms with Gasteiger partial charge in [0, 0.05) is 7.11 Å². The first kappa shape index (κ1) is 17.1.